The molecule has 0 atom stereocenters. The van der Waals surface area contributed by atoms with Crippen LogP contribution in [0, 0.1) is 13.8 Å². The Morgan fingerprint density at radius 1 is 1.04 bits per heavy atom. The predicted octanol–water partition coefficient (Wildman–Crippen LogP) is 5.52. The van der Waals surface area contributed by atoms with Crippen LogP contribution in [0.3, 0.4) is 0 Å². The van der Waals surface area contributed by atoms with E-state index in [-0.39, 0.29) is 5.91 Å². The highest BCUT2D eigenvalue weighted by atomic mass is 35.5. The molecule has 0 unspecified atom stereocenters. The number of rotatable bonds is 3. The number of hydrogen-bond acceptors (Lipinski definition) is 2. The van der Waals surface area contributed by atoms with Crippen molar-refractivity contribution in [2.45, 2.75) is 13.8 Å². The van der Waals surface area contributed by atoms with Crippen LogP contribution in [0.25, 0.3) is 16.9 Å². The number of benzene rings is 2. The Labute approximate surface area is 162 Å². The molecule has 0 spiro atoms. The maximum Gasteiger partial charge on any atom is 0.257 e. The lowest BCUT2D eigenvalue weighted by Crippen LogP contribution is -2.15. The van der Waals surface area contributed by atoms with Crippen LogP contribution in [-0.2, 0) is 0 Å². The number of fused-ring (bicyclic) bond motifs is 1. The summed E-state index contributed by atoms with van der Waals surface area (Å²) in [5.41, 5.74) is 4.96. The van der Waals surface area contributed by atoms with E-state index < -0.39 is 0 Å². The molecule has 0 saturated heterocycles. The van der Waals surface area contributed by atoms with Crippen molar-refractivity contribution < 1.29 is 4.79 Å². The number of pyridine rings is 1. The van der Waals surface area contributed by atoms with Crippen molar-refractivity contribution in [3.05, 3.63) is 88.6 Å². The van der Waals surface area contributed by atoms with Crippen LogP contribution in [0.4, 0.5) is 5.82 Å². The summed E-state index contributed by atoms with van der Waals surface area (Å²) in [7, 11) is 0. The molecular weight excluding hydrogens is 358 g/mol. The van der Waals surface area contributed by atoms with Crippen LogP contribution >= 0.6 is 11.6 Å². The van der Waals surface area contributed by atoms with E-state index in [0.717, 1.165) is 22.3 Å². The standard InChI is InChI=1S/C22H18ClN3O/c1-14-10-11-26-19(12-14)24-20(16-7-5-8-17(23)13-16)21(26)25-22(27)18-9-4-3-6-15(18)2/h3-13H,1-2H3,(H,25,27). The summed E-state index contributed by atoms with van der Waals surface area (Å²) in [6.45, 7) is 3.93. The Morgan fingerprint density at radius 2 is 1.85 bits per heavy atom. The van der Waals surface area contributed by atoms with Crippen LogP contribution in [0.2, 0.25) is 5.02 Å². The molecule has 0 radical (unpaired) electrons. The Balaban J connectivity index is 1.86. The molecule has 1 amide bonds. The molecule has 5 heteroatoms. The van der Waals surface area contributed by atoms with Gasteiger partial charge < -0.3 is 5.32 Å². The van der Waals surface area contributed by atoms with E-state index in [1.54, 1.807) is 0 Å². The highest BCUT2D eigenvalue weighted by Gasteiger charge is 2.18. The molecule has 4 rings (SSSR count). The van der Waals surface area contributed by atoms with Gasteiger partial charge in [0.05, 0.1) is 0 Å². The summed E-state index contributed by atoms with van der Waals surface area (Å²) in [4.78, 5) is 17.7. The molecule has 4 nitrogen and oxygen atoms in total. The van der Waals surface area contributed by atoms with Crippen molar-refractivity contribution in [2.24, 2.45) is 0 Å². The summed E-state index contributed by atoms with van der Waals surface area (Å²) in [5.74, 6) is 0.458. The summed E-state index contributed by atoms with van der Waals surface area (Å²) >= 11 is 6.17. The van der Waals surface area contributed by atoms with Crippen LogP contribution < -0.4 is 5.32 Å². The third kappa shape index (κ3) is 3.32. The summed E-state index contributed by atoms with van der Waals surface area (Å²) in [6.07, 6.45) is 1.92. The number of aryl methyl sites for hydroxylation is 2. The second-order valence-electron chi connectivity index (χ2n) is 6.52. The molecule has 134 valence electrons. The quantitative estimate of drug-likeness (QED) is 0.512. The fourth-order valence-electron chi connectivity index (χ4n) is 3.11. The van der Waals surface area contributed by atoms with Crippen molar-refractivity contribution in [3.8, 4) is 11.3 Å². The summed E-state index contributed by atoms with van der Waals surface area (Å²) < 4.78 is 1.89. The van der Waals surface area contributed by atoms with E-state index in [9.17, 15) is 4.79 Å². The lowest BCUT2D eigenvalue weighted by molar-refractivity contribution is 0.102. The van der Waals surface area contributed by atoms with E-state index in [1.807, 2.05) is 85.1 Å². The molecule has 0 fully saturated rings. The average molecular weight is 376 g/mol. The third-order valence-corrected chi connectivity index (χ3v) is 4.74. The topological polar surface area (TPSA) is 46.4 Å². The normalized spacial score (nSPS) is 10.9. The molecule has 0 aliphatic rings. The monoisotopic (exact) mass is 375 g/mol. The number of halogens is 1. The van der Waals surface area contributed by atoms with Gasteiger partial charge >= 0.3 is 0 Å². The van der Waals surface area contributed by atoms with Crippen molar-refractivity contribution >= 4 is 29.0 Å². The van der Waals surface area contributed by atoms with E-state index >= 15 is 0 Å². The lowest BCUT2D eigenvalue weighted by atomic mass is 10.1. The SMILES string of the molecule is Cc1ccn2c(NC(=O)c3ccccc3C)c(-c3cccc(Cl)c3)nc2c1. The van der Waals surface area contributed by atoms with Gasteiger partial charge in [-0.05, 0) is 55.3 Å². The Kier molecular flexibility index (Phi) is 4.42. The number of nitrogens with one attached hydrogen (secondary N) is 1. The minimum absolute atomic E-state index is 0.168. The highest BCUT2D eigenvalue weighted by Crippen LogP contribution is 2.31. The van der Waals surface area contributed by atoms with E-state index in [2.05, 4.69) is 5.32 Å². The number of imidazole rings is 1. The number of carbonyl (C=O) groups excluding carboxylic acids is 1. The largest absolute Gasteiger partial charge is 0.306 e. The summed E-state index contributed by atoms with van der Waals surface area (Å²) in [6, 6.07) is 19.0. The molecule has 1 N–H and O–H groups in total. The Bertz CT molecular complexity index is 1160. The van der Waals surface area contributed by atoms with Gasteiger partial charge in [-0.15, -0.1) is 0 Å². The van der Waals surface area contributed by atoms with Gasteiger partial charge in [0.15, 0.2) is 0 Å². The first-order valence-corrected chi connectivity index (χ1v) is 9.02. The van der Waals surface area contributed by atoms with Crippen LogP contribution in [-0.4, -0.2) is 15.3 Å². The van der Waals surface area contributed by atoms with Gasteiger partial charge in [0.2, 0.25) is 0 Å². The maximum absolute atomic E-state index is 12.9. The van der Waals surface area contributed by atoms with Crippen LogP contribution in [0.5, 0.6) is 0 Å². The fourth-order valence-corrected chi connectivity index (χ4v) is 3.30. The number of anilines is 1. The molecule has 2 aromatic carbocycles. The average Bonchev–Trinajstić information content (AvgIpc) is 2.99. The lowest BCUT2D eigenvalue weighted by Gasteiger charge is -2.10. The zero-order valence-electron chi connectivity index (χ0n) is 15.0. The van der Waals surface area contributed by atoms with Gasteiger partial charge in [0.1, 0.15) is 17.2 Å². The molecule has 0 aliphatic carbocycles. The fraction of sp³-hybridized carbons (Fsp3) is 0.0909. The minimum Gasteiger partial charge on any atom is -0.306 e. The first-order valence-electron chi connectivity index (χ1n) is 8.64. The third-order valence-electron chi connectivity index (χ3n) is 4.50. The second-order valence-corrected chi connectivity index (χ2v) is 6.96. The van der Waals surface area contributed by atoms with Crippen molar-refractivity contribution in [3.63, 3.8) is 0 Å². The molecule has 0 saturated carbocycles. The number of hydrogen-bond donors (Lipinski definition) is 1. The van der Waals surface area contributed by atoms with E-state index in [1.165, 1.54) is 0 Å². The smallest absolute Gasteiger partial charge is 0.257 e. The molecule has 27 heavy (non-hydrogen) atoms. The molecule has 0 bridgehead atoms. The Hall–Kier alpha value is -3.11. The molecule has 2 heterocycles. The highest BCUT2D eigenvalue weighted by molar-refractivity contribution is 6.30. The molecule has 0 aliphatic heterocycles. The van der Waals surface area contributed by atoms with Gasteiger partial charge in [0.25, 0.3) is 5.91 Å². The van der Waals surface area contributed by atoms with E-state index in [0.29, 0.717) is 22.1 Å². The minimum atomic E-state index is -0.168. The number of nitrogens with zero attached hydrogens (tertiary/aromatic N) is 2. The molecule has 4 aromatic rings. The predicted molar refractivity (Wildman–Crippen MR) is 110 cm³/mol. The maximum atomic E-state index is 12.9. The van der Waals surface area contributed by atoms with Gasteiger partial charge in [-0.25, -0.2) is 4.98 Å². The van der Waals surface area contributed by atoms with Gasteiger partial charge in [-0.1, -0.05) is 41.9 Å². The number of amides is 1. The van der Waals surface area contributed by atoms with Crippen LogP contribution in [0.1, 0.15) is 21.5 Å². The first kappa shape index (κ1) is 17.3. The van der Waals surface area contributed by atoms with Gasteiger partial charge in [-0.3, -0.25) is 9.20 Å². The molecule has 2 aromatic heterocycles. The van der Waals surface area contributed by atoms with Crippen LogP contribution in [0.15, 0.2) is 66.9 Å². The number of carbonyl (C=O) groups is 1. The second kappa shape index (κ2) is 6.89. The van der Waals surface area contributed by atoms with Gasteiger partial charge in [0, 0.05) is 22.3 Å². The van der Waals surface area contributed by atoms with E-state index in [4.69, 9.17) is 16.6 Å². The molecular formula is C22H18ClN3O. The first-order chi connectivity index (χ1) is 13.0. The van der Waals surface area contributed by atoms with Gasteiger partial charge in [-0.2, -0.15) is 0 Å². The van der Waals surface area contributed by atoms with Crippen molar-refractivity contribution in [1.82, 2.24) is 9.38 Å². The Morgan fingerprint density at radius 3 is 2.63 bits per heavy atom. The zero-order chi connectivity index (χ0) is 19.0. The number of aromatic nitrogens is 2. The zero-order valence-corrected chi connectivity index (χ0v) is 15.8. The summed E-state index contributed by atoms with van der Waals surface area (Å²) in [5, 5.41) is 3.67. The van der Waals surface area contributed by atoms with Crippen molar-refractivity contribution in [1.29, 1.82) is 0 Å². The van der Waals surface area contributed by atoms with Crippen molar-refractivity contribution in [2.75, 3.05) is 5.32 Å².